The zero-order chi connectivity index (χ0) is 13.7. The summed E-state index contributed by atoms with van der Waals surface area (Å²) in [6.45, 7) is 3.92. The van der Waals surface area contributed by atoms with Crippen LogP contribution < -0.4 is 10.6 Å². The molecule has 2 N–H and O–H groups in total. The predicted octanol–water partition coefficient (Wildman–Crippen LogP) is 2.85. The Morgan fingerprint density at radius 1 is 1.37 bits per heavy atom. The Bertz CT molecular complexity index is 459. The largest absolute Gasteiger partial charge is 0.371 e. The van der Waals surface area contributed by atoms with Gasteiger partial charge in [0.15, 0.2) is 0 Å². The molecule has 0 spiro atoms. The topological polar surface area (TPSA) is 53.1 Å². The van der Waals surface area contributed by atoms with E-state index in [1.54, 1.807) is 0 Å². The van der Waals surface area contributed by atoms with Crippen molar-refractivity contribution in [1.29, 1.82) is 5.26 Å². The third-order valence-corrected chi connectivity index (χ3v) is 3.84. The van der Waals surface area contributed by atoms with E-state index in [1.165, 1.54) is 30.5 Å². The lowest BCUT2D eigenvalue weighted by Gasteiger charge is -2.26. The smallest absolute Gasteiger partial charge is 0.101 e. The van der Waals surface area contributed by atoms with Gasteiger partial charge in [0.25, 0.3) is 0 Å². The standard InChI is InChI=1S/C16H23N3/c1-16(18,13-17)10-6-12-19-11-5-4-8-14-7-2-3-9-15(14)19/h2-3,7,9H,4-6,8,10-12,18H2,1H3. The fourth-order valence-electron chi connectivity index (χ4n) is 2.69. The summed E-state index contributed by atoms with van der Waals surface area (Å²) in [6, 6.07) is 10.8. The molecule has 102 valence electrons. The number of para-hydroxylation sites is 1. The number of fused-ring (bicyclic) bond motifs is 1. The molecule has 3 heteroatoms. The van der Waals surface area contributed by atoms with Crippen molar-refractivity contribution in [2.45, 2.75) is 44.6 Å². The van der Waals surface area contributed by atoms with Gasteiger partial charge in [0.05, 0.1) is 6.07 Å². The number of nitriles is 1. The van der Waals surface area contributed by atoms with Crippen LogP contribution in [-0.2, 0) is 6.42 Å². The lowest BCUT2D eigenvalue weighted by Crippen LogP contribution is -2.35. The van der Waals surface area contributed by atoms with Crippen LogP contribution in [-0.4, -0.2) is 18.6 Å². The second kappa shape index (κ2) is 6.08. The average Bonchev–Trinajstić information content (AvgIpc) is 2.61. The van der Waals surface area contributed by atoms with Crippen molar-refractivity contribution in [1.82, 2.24) is 0 Å². The van der Waals surface area contributed by atoms with Crippen LogP contribution in [0.15, 0.2) is 24.3 Å². The van der Waals surface area contributed by atoms with Crippen LogP contribution in [0.5, 0.6) is 0 Å². The predicted molar refractivity (Wildman–Crippen MR) is 79.0 cm³/mol. The van der Waals surface area contributed by atoms with E-state index < -0.39 is 5.54 Å². The van der Waals surface area contributed by atoms with Crippen molar-refractivity contribution in [3.8, 4) is 6.07 Å². The summed E-state index contributed by atoms with van der Waals surface area (Å²) < 4.78 is 0. The molecule has 0 saturated heterocycles. The number of hydrogen-bond acceptors (Lipinski definition) is 3. The first-order valence-corrected chi connectivity index (χ1v) is 7.15. The Labute approximate surface area is 116 Å². The van der Waals surface area contributed by atoms with Gasteiger partial charge in [-0.2, -0.15) is 5.26 Å². The van der Waals surface area contributed by atoms with Crippen molar-refractivity contribution in [3.05, 3.63) is 29.8 Å². The Morgan fingerprint density at radius 3 is 2.95 bits per heavy atom. The maximum Gasteiger partial charge on any atom is 0.101 e. The molecule has 19 heavy (non-hydrogen) atoms. The number of hydrogen-bond donors (Lipinski definition) is 1. The highest BCUT2D eigenvalue weighted by molar-refractivity contribution is 5.54. The lowest BCUT2D eigenvalue weighted by molar-refractivity contribution is 0.517. The summed E-state index contributed by atoms with van der Waals surface area (Å²) in [7, 11) is 0. The highest BCUT2D eigenvalue weighted by Crippen LogP contribution is 2.26. The van der Waals surface area contributed by atoms with Gasteiger partial charge in [-0.15, -0.1) is 0 Å². The van der Waals surface area contributed by atoms with Crippen LogP contribution in [0, 0.1) is 11.3 Å². The van der Waals surface area contributed by atoms with Gasteiger partial charge in [0, 0.05) is 18.8 Å². The van der Waals surface area contributed by atoms with E-state index in [1.807, 2.05) is 6.92 Å². The van der Waals surface area contributed by atoms with Gasteiger partial charge >= 0.3 is 0 Å². The van der Waals surface area contributed by atoms with Gasteiger partial charge in [-0.25, -0.2) is 0 Å². The van der Waals surface area contributed by atoms with Crippen molar-refractivity contribution in [2.75, 3.05) is 18.0 Å². The normalized spacial score (nSPS) is 18.1. The third-order valence-electron chi connectivity index (χ3n) is 3.84. The van der Waals surface area contributed by atoms with Crippen LogP contribution in [0.1, 0.15) is 38.2 Å². The monoisotopic (exact) mass is 257 g/mol. The maximum absolute atomic E-state index is 8.95. The molecule has 0 aromatic heterocycles. The second-order valence-corrected chi connectivity index (χ2v) is 5.71. The molecule has 1 heterocycles. The minimum Gasteiger partial charge on any atom is -0.371 e. The number of rotatable bonds is 4. The molecule has 1 unspecified atom stereocenters. The third kappa shape index (κ3) is 3.71. The highest BCUT2D eigenvalue weighted by Gasteiger charge is 2.19. The lowest BCUT2D eigenvalue weighted by atomic mass is 9.99. The van der Waals surface area contributed by atoms with Gasteiger partial charge in [0.1, 0.15) is 5.54 Å². The van der Waals surface area contributed by atoms with Gasteiger partial charge in [-0.05, 0) is 50.7 Å². The molecule has 0 amide bonds. The van der Waals surface area contributed by atoms with E-state index in [9.17, 15) is 0 Å². The molecule has 1 aliphatic rings. The quantitative estimate of drug-likeness (QED) is 0.902. The zero-order valence-corrected chi connectivity index (χ0v) is 11.7. The highest BCUT2D eigenvalue weighted by atomic mass is 15.1. The van der Waals surface area contributed by atoms with E-state index in [4.69, 9.17) is 11.0 Å². The van der Waals surface area contributed by atoms with Crippen molar-refractivity contribution in [2.24, 2.45) is 5.73 Å². The minimum absolute atomic E-state index is 0.689. The van der Waals surface area contributed by atoms with E-state index in [0.717, 1.165) is 25.9 Å². The number of nitrogens with two attached hydrogens (primary N) is 1. The molecular formula is C16H23N3. The Balaban J connectivity index is 1.99. The number of anilines is 1. The van der Waals surface area contributed by atoms with Gasteiger partial charge < -0.3 is 10.6 Å². The Morgan fingerprint density at radius 2 is 2.16 bits per heavy atom. The van der Waals surface area contributed by atoms with Crippen LogP contribution in [0.25, 0.3) is 0 Å². The molecule has 0 radical (unpaired) electrons. The summed E-state index contributed by atoms with van der Waals surface area (Å²) in [5.41, 5.74) is 8.01. The van der Waals surface area contributed by atoms with E-state index in [-0.39, 0.29) is 0 Å². The summed E-state index contributed by atoms with van der Waals surface area (Å²) in [6.07, 6.45) is 5.41. The molecule has 1 atom stereocenters. The van der Waals surface area contributed by atoms with Crippen LogP contribution in [0.4, 0.5) is 5.69 Å². The zero-order valence-electron chi connectivity index (χ0n) is 11.7. The van der Waals surface area contributed by atoms with Gasteiger partial charge in [0.2, 0.25) is 0 Å². The molecule has 0 aliphatic carbocycles. The number of nitrogens with zero attached hydrogens (tertiary/aromatic N) is 2. The molecule has 0 saturated carbocycles. The summed E-state index contributed by atoms with van der Waals surface area (Å²) in [5, 5.41) is 8.95. The first kappa shape index (κ1) is 13.9. The fraction of sp³-hybridized carbons (Fsp3) is 0.562. The fourth-order valence-corrected chi connectivity index (χ4v) is 2.69. The first-order chi connectivity index (χ1) is 9.12. The van der Waals surface area contributed by atoms with E-state index in [2.05, 4.69) is 35.2 Å². The summed E-state index contributed by atoms with van der Waals surface area (Å²) in [5.74, 6) is 0. The van der Waals surface area contributed by atoms with Gasteiger partial charge in [-0.1, -0.05) is 18.2 Å². The molecule has 1 aromatic carbocycles. The molecule has 1 aromatic rings. The van der Waals surface area contributed by atoms with Crippen molar-refractivity contribution in [3.63, 3.8) is 0 Å². The molecule has 0 fully saturated rings. The Hall–Kier alpha value is -1.53. The average molecular weight is 257 g/mol. The first-order valence-electron chi connectivity index (χ1n) is 7.15. The summed E-state index contributed by atoms with van der Waals surface area (Å²) in [4.78, 5) is 2.45. The molecular weight excluding hydrogens is 234 g/mol. The van der Waals surface area contributed by atoms with E-state index >= 15 is 0 Å². The van der Waals surface area contributed by atoms with E-state index in [0.29, 0.717) is 0 Å². The number of aryl methyl sites for hydroxylation is 1. The SMILES string of the molecule is CC(N)(C#N)CCCN1CCCCc2ccccc21. The molecule has 2 rings (SSSR count). The molecule has 3 nitrogen and oxygen atoms in total. The minimum atomic E-state index is -0.689. The molecule has 0 bridgehead atoms. The van der Waals surface area contributed by atoms with Crippen LogP contribution >= 0.6 is 0 Å². The second-order valence-electron chi connectivity index (χ2n) is 5.71. The Kier molecular flexibility index (Phi) is 4.44. The molecule has 1 aliphatic heterocycles. The van der Waals surface area contributed by atoms with Crippen molar-refractivity contribution >= 4 is 5.69 Å². The van der Waals surface area contributed by atoms with Gasteiger partial charge in [-0.3, -0.25) is 0 Å². The number of benzene rings is 1. The van der Waals surface area contributed by atoms with Crippen LogP contribution in [0.3, 0.4) is 0 Å². The van der Waals surface area contributed by atoms with Crippen LogP contribution in [0.2, 0.25) is 0 Å². The van der Waals surface area contributed by atoms with Crippen molar-refractivity contribution < 1.29 is 0 Å². The maximum atomic E-state index is 8.95. The summed E-state index contributed by atoms with van der Waals surface area (Å²) >= 11 is 0.